The molecule has 2 heterocycles. The second kappa shape index (κ2) is 9.41. The normalized spacial score (nSPS) is 11.2. The number of unbranched alkanes of at least 4 members (excludes halogenated alkanes) is 1. The third-order valence-corrected chi connectivity index (χ3v) is 6.07. The van der Waals surface area contributed by atoms with Gasteiger partial charge in [-0.2, -0.15) is 0 Å². The molecule has 0 fully saturated rings. The van der Waals surface area contributed by atoms with E-state index in [9.17, 15) is 14.9 Å². The van der Waals surface area contributed by atoms with Crippen LogP contribution in [0.15, 0.2) is 42.7 Å². The first kappa shape index (κ1) is 22.5. The maximum atomic E-state index is 12.2. The summed E-state index contributed by atoms with van der Waals surface area (Å²) in [5.41, 5.74) is 9.71. The van der Waals surface area contributed by atoms with E-state index < -0.39 is 4.92 Å². The molecular weight excluding hydrogens is 444 g/mol. The Morgan fingerprint density at radius 2 is 2.03 bits per heavy atom. The van der Waals surface area contributed by atoms with Crippen LogP contribution in [0, 0.1) is 10.1 Å². The molecule has 3 N–H and O–H groups in total. The van der Waals surface area contributed by atoms with Crippen molar-refractivity contribution in [3.05, 3.63) is 69.0 Å². The Kier molecular flexibility index (Phi) is 6.41. The Labute approximate surface area is 194 Å². The molecule has 0 spiro atoms. The van der Waals surface area contributed by atoms with Gasteiger partial charge in [0, 0.05) is 24.9 Å². The van der Waals surface area contributed by atoms with Gasteiger partial charge in [0.2, 0.25) is 5.91 Å². The molecule has 0 radical (unpaired) electrons. The predicted molar refractivity (Wildman–Crippen MR) is 128 cm³/mol. The van der Waals surface area contributed by atoms with Gasteiger partial charge in [0.25, 0.3) is 5.69 Å². The van der Waals surface area contributed by atoms with Gasteiger partial charge in [-0.15, -0.1) is 0 Å². The zero-order valence-electron chi connectivity index (χ0n) is 18.0. The van der Waals surface area contributed by atoms with Crippen molar-refractivity contribution in [2.24, 2.45) is 0 Å². The number of amides is 1. The molecule has 4 aromatic rings. The van der Waals surface area contributed by atoms with Crippen LogP contribution in [0.25, 0.3) is 21.9 Å². The predicted octanol–water partition coefficient (Wildman–Crippen LogP) is 4.63. The average Bonchev–Trinajstić information content (AvgIpc) is 3.27. The number of nitro groups is 1. The number of carbonyl (C=O) groups is 1. The maximum Gasteiger partial charge on any atom is 0.275 e. The molecule has 170 valence electrons. The number of aryl methyl sites for hydroxylation is 1. The number of nitro benzene ring substituents is 1. The minimum atomic E-state index is -0.476. The number of nitrogens with zero attached hydrogens (tertiary/aromatic N) is 4. The minimum absolute atomic E-state index is 0.0840. The zero-order valence-corrected chi connectivity index (χ0v) is 18.8. The Balaban J connectivity index is 1.47. The van der Waals surface area contributed by atoms with Crippen molar-refractivity contribution in [2.75, 3.05) is 12.3 Å². The first-order valence-electron chi connectivity index (χ1n) is 10.5. The monoisotopic (exact) mass is 466 g/mol. The maximum absolute atomic E-state index is 12.2. The molecule has 0 unspecified atom stereocenters. The van der Waals surface area contributed by atoms with E-state index in [4.69, 9.17) is 17.3 Å². The first-order valence-corrected chi connectivity index (χ1v) is 10.9. The van der Waals surface area contributed by atoms with E-state index in [1.54, 1.807) is 17.3 Å². The summed E-state index contributed by atoms with van der Waals surface area (Å²) in [4.78, 5) is 36.6. The number of hydrogen-bond acceptors (Lipinski definition) is 6. The molecule has 2 aromatic carbocycles. The highest BCUT2D eigenvalue weighted by molar-refractivity contribution is 6.31. The zero-order chi connectivity index (χ0) is 23.5. The molecule has 33 heavy (non-hydrogen) atoms. The number of benzene rings is 2. The number of halogens is 1. The fourth-order valence-corrected chi connectivity index (χ4v) is 4.29. The van der Waals surface area contributed by atoms with Crippen molar-refractivity contribution in [1.82, 2.24) is 19.9 Å². The van der Waals surface area contributed by atoms with Crippen molar-refractivity contribution in [3.63, 3.8) is 0 Å². The molecule has 0 aliphatic heterocycles. The van der Waals surface area contributed by atoms with Crippen LogP contribution in [0.4, 0.5) is 11.5 Å². The van der Waals surface area contributed by atoms with Crippen LogP contribution in [0.5, 0.6) is 0 Å². The summed E-state index contributed by atoms with van der Waals surface area (Å²) in [6.45, 7) is 2.01. The molecule has 0 atom stereocenters. The van der Waals surface area contributed by atoms with Crippen LogP contribution < -0.4 is 5.73 Å². The third-order valence-electron chi connectivity index (χ3n) is 5.71. The number of H-pyrrole nitrogens is 1. The van der Waals surface area contributed by atoms with E-state index in [0.717, 1.165) is 46.8 Å². The second-order valence-electron chi connectivity index (χ2n) is 7.83. The topological polar surface area (TPSA) is 131 Å². The van der Waals surface area contributed by atoms with Crippen molar-refractivity contribution >= 4 is 50.9 Å². The molecule has 0 saturated heterocycles. The number of pyridine rings is 1. The average molecular weight is 467 g/mol. The summed E-state index contributed by atoms with van der Waals surface area (Å²) in [5, 5.41) is 12.6. The minimum Gasteiger partial charge on any atom is -0.382 e. The third kappa shape index (κ3) is 4.58. The van der Waals surface area contributed by atoms with Gasteiger partial charge in [-0.1, -0.05) is 29.8 Å². The molecule has 10 heteroatoms. The molecule has 0 aliphatic rings. The van der Waals surface area contributed by atoms with Crippen LogP contribution >= 0.6 is 11.6 Å². The molecule has 4 rings (SSSR count). The molecule has 1 amide bonds. The van der Waals surface area contributed by atoms with Crippen molar-refractivity contribution in [1.29, 1.82) is 0 Å². The Morgan fingerprint density at radius 1 is 1.24 bits per heavy atom. The Bertz CT molecular complexity index is 1350. The largest absolute Gasteiger partial charge is 0.382 e. The van der Waals surface area contributed by atoms with Crippen LogP contribution in [0.1, 0.15) is 30.9 Å². The number of nitrogens with one attached hydrogen (secondary N) is 1. The Hall–Kier alpha value is -3.72. The number of aromatic amines is 1. The first-order chi connectivity index (χ1) is 15.9. The highest BCUT2D eigenvalue weighted by atomic mass is 35.5. The van der Waals surface area contributed by atoms with Crippen LogP contribution in [-0.4, -0.2) is 37.2 Å². The van der Waals surface area contributed by atoms with E-state index in [2.05, 4.69) is 15.0 Å². The molecule has 0 saturated carbocycles. The van der Waals surface area contributed by atoms with Crippen molar-refractivity contribution < 1.29 is 9.72 Å². The lowest BCUT2D eigenvalue weighted by Crippen LogP contribution is -2.29. The number of carbonyl (C=O) groups excluding carboxylic acids is 1. The van der Waals surface area contributed by atoms with Gasteiger partial charge < -0.3 is 15.6 Å². The van der Waals surface area contributed by atoms with Gasteiger partial charge in [0.15, 0.2) is 0 Å². The van der Waals surface area contributed by atoms with Crippen LogP contribution in [0.3, 0.4) is 0 Å². The van der Waals surface area contributed by atoms with E-state index in [1.165, 1.54) is 19.1 Å². The summed E-state index contributed by atoms with van der Waals surface area (Å²) < 4.78 is 0. The summed E-state index contributed by atoms with van der Waals surface area (Å²) in [6, 6.07) is 10.4. The fourth-order valence-electron chi connectivity index (χ4n) is 4.06. The highest BCUT2D eigenvalue weighted by Gasteiger charge is 2.20. The van der Waals surface area contributed by atoms with E-state index in [-0.39, 0.29) is 23.2 Å². The lowest BCUT2D eigenvalue weighted by molar-refractivity contribution is -0.385. The van der Waals surface area contributed by atoms with Crippen LogP contribution in [-0.2, 0) is 17.8 Å². The number of nitrogen functional groups attached to an aromatic ring is 1. The van der Waals surface area contributed by atoms with Gasteiger partial charge in [-0.25, -0.2) is 9.97 Å². The standard InChI is InChI=1S/C23H23ClN6O3/c1-14(31)29(12-16-17(24)8-5-10-19(16)30(32)33)11-3-2-6-15-7-4-9-18-20(15)21-22(23(25)28-18)27-13-26-21/h4-5,7-10,13H,2-3,6,11-12H2,1H3,(H2,25,28)(H,26,27). The van der Waals surface area contributed by atoms with Gasteiger partial charge in [0.1, 0.15) is 16.9 Å². The quantitative estimate of drug-likeness (QED) is 0.221. The number of rotatable bonds is 8. The number of imidazole rings is 1. The number of anilines is 1. The van der Waals surface area contributed by atoms with Gasteiger partial charge in [-0.05, 0) is 37.0 Å². The molecule has 0 bridgehead atoms. The van der Waals surface area contributed by atoms with Gasteiger partial charge in [0.05, 0.1) is 33.9 Å². The van der Waals surface area contributed by atoms with E-state index in [1.807, 2.05) is 18.2 Å². The molecule has 9 nitrogen and oxygen atoms in total. The number of aromatic nitrogens is 3. The summed E-state index contributed by atoms with van der Waals surface area (Å²) >= 11 is 6.20. The smallest absolute Gasteiger partial charge is 0.275 e. The summed E-state index contributed by atoms with van der Waals surface area (Å²) in [5.74, 6) is 0.255. The molecule has 0 aliphatic carbocycles. The van der Waals surface area contributed by atoms with Crippen LogP contribution in [0.2, 0.25) is 5.02 Å². The molecule has 2 aromatic heterocycles. The SMILES string of the molecule is CC(=O)N(CCCCc1cccc2nc(N)c3[nH]cnc3c12)Cc1c(Cl)cccc1[N+](=O)[O-]. The molecular formula is C23H23ClN6O3. The Morgan fingerprint density at radius 3 is 2.79 bits per heavy atom. The van der Waals surface area contributed by atoms with E-state index in [0.29, 0.717) is 17.9 Å². The number of fused-ring (bicyclic) bond motifs is 3. The fraction of sp³-hybridized carbons (Fsp3) is 0.261. The lowest BCUT2D eigenvalue weighted by Gasteiger charge is -2.21. The summed E-state index contributed by atoms with van der Waals surface area (Å²) in [6.07, 6.45) is 3.91. The lowest BCUT2D eigenvalue weighted by atomic mass is 10.0. The van der Waals surface area contributed by atoms with Crippen molar-refractivity contribution in [2.45, 2.75) is 32.7 Å². The number of hydrogen-bond donors (Lipinski definition) is 2. The number of nitrogens with two attached hydrogens (primary N) is 1. The van der Waals surface area contributed by atoms with Crippen molar-refractivity contribution in [3.8, 4) is 0 Å². The van der Waals surface area contributed by atoms with Gasteiger partial charge in [-0.3, -0.25) is 14.9 Å². The van der Waals surface area contributed by atoms with Gasteiger partial charge >= 0.3 is 0 Å². The summed E-state index contributed by atoms with van der Waals surface area (Å²) in [7, 11) is 0. The van der Waals surface area contributed by atoms with E-state index >= 15 is 0 Å². The highest BCUT2D eigenvalue weighted by Crippen LogP contribution is 2.30. The second-order valence-corrected chi connectivity index (χ2v) is 8.23.